The molecule has 1 aliphatic heterocycles. The van der Waals surface area contributed by atoms with Crippen molar-refractivity contribution in [1.82, 2.24) is 14.5 Å². The Kier molecular flexibility index (Phi) is 6.63. The maximum atomic E-state index is 14.0. The summed E-state index contributed by atoms with van der Waals surface area (Å²) in [6.07, 6.45) is 3.09. The Bertz CT molecular complexity index is 1450. The number of hydrogen-bond acceptors (Lipinski definition) is 4. The number of fused-ring (bicyclic) bond motifs is 1. The number of carbonyl (C=O) groups is 1. The summed E-state index contributed by atoms with van der Waals surface area (Å²) >= 11 is 1.29. The fourth-order valence-corrected chi connectivity index (χ4v) is 5.21. The average molecular weight is 492 g/mol. The molecule has 5 rings (SSSR count). The predicted octanol–water partition coefficient (Wildman–Crippen LogP) is 5.58. The largest absolute Gasteiger partial charge is 0.339 e. The first kappa shape index (κ1) is 23.2. The number of thioether (sulfide) groups is 1. The van der Waals surface area contributed by atoms with E-state index in [1.165, 1.54) is 46.7 Å². The minimum Gasteiger partial charge on any atom is -0.339 e. The third-order valence-corrected chi connectivity index (χ3v) is 7.09. The Hall–Kier alpha value is -3.52. The second kappa shape index (κ2) is 10.00. The second-order valence-corrected chi connectivity index (χ2v) is 9.46. The Labute approximate surface area is 205 Å². The molecule has 1 aromatic heterocycles. The van der Waals surface area contributed by atoms with Gasteiger partial charge in [-0.1, -0.05) is 30.0 Å². The summed E-state index contributed by atoms with van der Waals surface area (Å²) in [7, 11) is 0. The van der Waals surface area contributed by atoms with Crippen LogP contribution in [0.2, 0.25) is 0 Å². The quantitative estimate of drug-likeness (QED) is 0.270. The van der Waals surface area contributed by atoms with Gasteiger partial charge in [0.25, 0.3) is 11.5 Å². The number of rotatable bonds is 5. The lowest BCUT2D eigenvalue weighted by Crippen LogP contribution is -2.35. The SMILES string of the molecule is O=C(c1ccc2c(=O)n(-c3cccc(F)c3)c(SCc3ccc(F)cc3)nc2c1)N1CCCCC1. The van der Waals surface area contributed by atoms with Crippen LogP contribution in [0.4, 0.5) is 8.78 Å². The van der Waals surface area contributed by atoms with Gasteiger partial charge in [-0.2, -0.15) is 0 Å². The summed E-state index contributed by atoms with van der Waals surface area (Å²) in [5, 5.41) is 0.704. The van der Waals surface area contributed by atoms with Gasteiger partial charge >= 0.3 is 0 Å². The van der Waals surface area contributed by atoms with Crippen molar-refractivity contribution < 1.29 is 13.6 Å². The molecule has 1 fully saturated rings. The molecule has 0 spiro atoms. The molecule has 5 nitrogen and oxygen atoms in total. The first-order valence-electron chi connectivity index (χ1n) is 11.5. The van der Waals surface area contributed by atoms with Gasteiger partial charge in [-0.05, 0) is 73.4 Å². The molecule has 2 heterocycles. The lowest BCUT2D eigenvalue weighted by Gasteiger charge is -2.26. The molecule has 8 heteroatoms. The molecular formula is C27H23F2N3O2S. The molecule has 0 aliphatic carbocycles. The van der Waals surface area contributed by atoms with Crippen molar-refractivity contribution >= 4 is 28.6 Å². The van der Waals surface area contributed by atoms with E-state index in [4.69, 9.17) is 4.98 Å². The first-order valence-corrected chi connectivity index (χ1v) is 12.5. The number of amides is 1. The van der Waals surface area contributed by atoms with E-state index in [0.29, 0.717) is 33.1 Å². The highest BCUT2D eigenvalue weighted by Crippen LogP contribution is 2.26. The minimum atomic E-state index is -0.466. The summed E-state index contributed by atoms with van der Waals surface area (Å²) in [4.78, 5) is 33.1. The fourth-order valence-electron chi connectivity index (χ4n) is 4.25. The normalized spacial score (nSPS) is 13.8. The van der Waals surface area contributed by atoms with Crippen LogP contribution in [0.1, 0.15) is 35.2 Å². The van der Waals surface area contributed by atoms with Gasteiger partial charge in [-0.25, -0.2) is 13.8 Å². The van der Waals surface area contributed by atoms with Crippen LogP contribution >= 0.6 is 11.8 Å². The average Bonchev–Trinajstić information content (AvgIpc) is 2.88. The highest BCUT2D eigenvalue weighted by Gasteiger charge is 2.20. The van der Waals surface area contributed by atoms with E-state index in [-0.39, 0.29) is 17.3 Å². The maximum Gasteiger partial charge on any atom is 0.266 e. The van der Waals surface area contributed by atoms with E-state index >= 15 is 0 Å². The number of piperidine rings is 1. The fraction of sp³-hybridized carbons (Fsp3) is 0.222. The molecule has 1 saturated heterocycles. The molecule has 1 amide bonds. The van der Waals surface area contributed by atoms with Gasteiger partial charge in [0.2, 0.25) is 0 Å². The van der Waals surface area contributed by atoms with Crippen molar-refractivity contribution in [3.63, 3.8) is 0 Å². The summed E-state index contributed by atoms with van der Waals surface area (Å²) in [6, 6.07) is 16.8. The number of halogens is 2. The zero-order valence-corrected chi connectivity index (χ0v) is 19.7. The standard InChI is InChI=1S/C27H23F2N3O2S/c28-20-10-7-18(8-11-20)17-35-27-30-24-15-19(25(33)31-13-2-1-3-14-31)9-12-23(24)26(34)32(27)22-6-4-5-21(29)16-22/h4-12,15-16H,1-3,13-14,17H2. The Morgan fingerprint density at radius 3 is 2.43 bits per heavy atom. The molecule has 0 unspecified atom stereocenters. The van der Waals surface area contributed by atoms with Crippen LogP contribution in [0.5, 0.6) is 0 Å². The van der Waals surface area contributed by atoms with Crippen LogP contribution in [0.3, 0.4) is 0 Å². The van der Waals surface area contributed by atoms with Crippen molar-refractivity contribution in [2.75, 3.05) is 13.1 Å². The van der Waals surface area contributed by atoms with Crippen molar-refractivity contribution in [1.29, 1.82) is 0 Å². The molecule has 4 aromatic rings. The van der Waals surface area contributed by atoms with Gasteiger partial charge in [-0.3, -0.25) is 14.2 Å². The lowest BCUT2D eigenvalue weighted by molar-refractivity contribution is 0.0724. The number of hydrogen-bond donors (Lipinski definition) is 0. The Morgan fingerprint density at radius 1 is 0.914 bits per heavy atom. The highest BCUT2D eigenvalue weighted by molar-refractivity contribution is 7.98. The van der Waals surface area contributed by atoms with Crippen molar-refractivity contribution in [3.8, 4) is 5.69 Å². The number of aromatic nitrogens is 2. The molecule has 178 valence electrons. The number of likely N-dealkylation sites (tertiary alicyclic amines) is 1. The molecule has 0 bridgehead atoms. The van der Waals surface area contributed by atoms with Crippen LogP contribution < -0.4 is 5.56 Å². The lowest BCUT2D eigenvalue weighted by atomic mass is 10.1. The van der Waals surface area contributed by atoms with Gasteiger partial charge in [-0.15, -0.1) is 0 Å². The molecular weight excluding hydrogens is 468 g/mol. The van der Waals surface area contributed by atoms with E-state index in [2.05, 4.69) is 0 Å². The molecule has 0 N–H and O–H groups in total. The summed E-state index contributed by atoms with van der Waals surface area (Å²) in [6.45, 7) is 1.45. The van der Waals surface area contributed by atoms with E-state index in [9.17, 15) is 18.4 Å². The topological polar surface area (TPSA) is 55.2 Å². The second-order valence-electron chi connectivity index (χ2n) is 8.51. The molecule has 35 heavy (non-hydrogen) atoms. The summed E-state index contributed by atoms with van der Waals surface area (Å²) < 4.78 is 28.7. The molecule has 0 radical (unpaired) electrons. The van der Waals surface area contributed by atoms with Gasteiger partial charge in [0.15, 0.2) is 5.16 Å². The maximum absolute atomic E-state index is 14.0. The smallest absolute Gasteiger partial charge is 0.266 e. The highest BCUT2D eigenvalue weighted by atomic mass is 32.2. The first-order chi connectivity index (χ1) is 17.0. The third kappa shape index (κ3) is 4.98. The zero-order chi connectivity index (χ0) is 24.4. The summed E-state index contributed by atoms with van der Waals surface area (Å²) in [5.74, 6) is -0.431. The van der Waals surface area contributed by atoms with Crippen LogP contribution in [0, 0.1) is 11.6 Å². The Morgan fingerprint density at radius 2 is 1.69 bits per heavy atom. The molecule has 1 aliphatic rings. The predicted molar refractivity (Wildman–Crippen MR) is 133 cm³/mol. The van der Waals surface area contributed by atoms with Gasteiger partial charge in [0.05, 0.1) is 16.6 Å². The van der Waals surface area contributed by atoms with Crippen LogP contribution in [0.15, 0.2) is 76.7 Å². The molecule has 3 aromatic carbocycles. The summed E-state index contributed by atoms with van der Waals surface area (Å²) in [5.41, 5.74) is 1.76. The van der Waals surface area contributed by atoms with Crippen molar-refractivity contribution in [2.45, 2.75) is 30.2 Å². The van der Waals surface area contributed by atoms with Crippen LogP contribution in [-0.2, 0) is 5.75 Å². The Balaban J connectivity index is 1.58. The van der Waals surface area contributed by atoms with Gasteiger partial charge < -0.3 is 4.90 Å². The zero-order valence-electron chi connectivity index (χ0n) is 18.9. The van der Waals surface area contributed by atoms with Gasteiger partial charge in [0.1, 0.15) is 11.6 Å². The third-order valence-electron chi connectivity index (χ3n) is 6.08. The number of benzene rings is 3. The van der Waals surface area contributed by atoms with Gasteiger partial charge in [0, 0.05) is 24.4 Å². The van der Waals surface area contributed by atoms with E-state index in [1.807, 2.05) is 4.90 Å². The van der Waals surface area contributed by atoms with E-state index in [0.717, 1.165) is 37.9 Å². The van der Waals surface area contributed by atoms with Crippen molar-refractivity contribution in [2.24, 2.45) is 0 Å². The molecule has 0 saturated carbocycles. The molecule has 0 atom stereocenters. The van der Waals surface area contributed by atoms with Crippen LogP contribution in [-0.4, -0.2) is 33.4 Å². The minimum absolute atomic E-state index is 0.0665. The number of carbonyl (C=O) groups excluding carboxylic acids is 1. The monoisotopic (exact) mass is 491 g/mol. The van der Waals surface area contributed by atoms with Crippen molar-refractivity contribution in [3.05, 3.63) is 99.8 Å². The van der Waals surface area contributed by atoms with E-state index in [1.54, 1.807) is 36.4 Å². The van der Waals surface area contributed by atoms with Crippen LogP contribution in [0.25, 0.3) is 16.6 Å². The number of nitrogens with zero attached hydrogens (tertiary/aromatic N) is 3. The van der Waals surface area contributed by atoms with E-state index < -0.39 is 5.82 Å².